The average Bonchev–Trinajstić information content (AvgIpc) is 2.22. The van der Waals surface area contributed by atoms with Gasteiger partial charge in [0.1, 0.15) is 0 Å². The van der Waals surface area contributed by atoms with Crippen molar-refractivity contribution in [2.75, 3.05) is 6.54 Å². The summed E-state index contributed by atoms with van der Waals surface area (Å²) in [6.07, 6.45) is 2.26. The normalized spacial score (nSPS) is 11.9. The first kappa shape index (κ1) is 13.7. The maximum atomic E-state index is 5.76. The van der Waals surface area contributed by atoms with Gasteiger partial charge in [-0.3, -0.25) is 0 Å². The quantitative estimate of drug-likeness (QED) is 0.889. The van der Waals surface area contributed by atoms with E-state index in [1.165, 1.54) is 21.2 Å². The van der Waals surface area contributed by atoms with Gasteiger partial charge in [0, 0.05) is 4.47 Å². The molecule has 0 aromatic heterocycles. The summed E-state index contributed by atoms with van der Waals surface area (Å²) < 4.78 is 1.20. The number of nitrogens with two attached hydrogens (primary N) is 1. The van der Waals surface area contributed by atoms with Crippen LogP contribution in [0.25, 0.3) is 0 Å². The third kappa shape index (κ3) is 3.60. The highest BCUT2D eigenvalue weighted by Gasteiger charge is 2.15. The molecule has 2 N–H and O–H groups in total. The fourth-order valence-corrected chi connectivity index (χ4v) is 2.14. The van der Waals surface area contributed by atoms with Gasteiger partial charge in [-0.05, 0) is 61.4 Å². The molecule has 0 heterocycles. The van der Waals surface area contributed by atoms with Crippen LogP contribution in [0.2, 0.25) is 0 Å². The fourth-order valence-electron chi connectivity index (χ4n) is 1.69. The summed E-state index contributed by atoms with van der Waals surface area (Å²) in [6, 6.07) is 4.49. The Bertz CT molecular complexity index is 369. The Morgan fingerprint density at radius 2 is 1.81 bits per heavy atom. The first-order valence-corrected chi connectivity index (χ1v) is 6.61. The van der Waals surface area contributed by atoms with E-state index in [0.29, 0.717) is 0 Å². The van der Waals surface area contributed by atoms with Gasteiger partial charge < -0.3 is 5.73 Å². The molecule has 2 heteroatoms. The molecule has 0 bridgehead atoms. The first-order valence-electron chi connectivity index (χ1n) is 5.81. The standard InChI is InChI=1S/C14H22BrN/c1-10-8-13(15)11(2)7-12(10)5-6-14(3,4)9-16/h7-8H,5-6,9,16H2,1-4H3. The highest BCUT2D eigenvalue weighted by molar-refractivity contribution is 9.10. The molecule has 1 aromatic rings. The Morgan fingerprint density at radius 3 is 2.38 bits per heavy atom. The number of aryl methyl sites for hydroxylation is 3. The Kier molecular flexibility index (Phi) is 4.57. The fraction of sp³-hybridized carbons (Fsp3) is 0.571. The van der Waals surface area contributed by atoms with Crippen molar-refractivity contribution in [1.29, 1.82) is 0 Å². The van der Waals surface area contributed by atoms with Crippen molar-refractivity contribution in [3.63, 3.8) is 0 Å². The van der Waals surface area contributed by atoms with E-state index in [1.807, 2.05) is 0 Å². The predicted octanol–water partition coefficient (Wildman–Crippen LogP) is 3.98. The molecule has 0 spiro atoms. The molecule has 0 atom stereocenters. The molecule has 0 radical (unpaired) electrons. The van der Waals surface area contributed by atoms with Crippen molar-refractivity contribution in [2.24, 2.45) is 11.1 Å². The van der Waals surface area contributed by atoms with Crippen LogP contribution in [-0.4, -0.2) is 6.54 Å². The summed E-state index contributed by atoms with van der Waals surface area (Å²) in [6.45, 7) is 9.53. The van der Waals surface area contributed by atoms with E-state index in [1.54, 1.807) is 0 Å². The zero-order chi connectivity index (χ0) is 12.3. The van der Waals surface area contributed by atoms with Crippen molar-refractivity contribution >= 4 is 15.9 Å². The molecule has 16 heavy (non-hydrogen) atoms. The Hall–Kier alpha value is -0.340. The molecule has 1 rings (SSSR count). The largest absolute Gasteiger partial charge is 0.330 e. The lowest BCUT2D eigenvalue weighted by Gasteiger charge is -2.22. The zero-order valence-electron chi connectivity index (χ0n) is 10.7. The monoisotopic (exact) mass is 283 g/mol. The molecule has 0 aliphatic heterocycles. The minimum absolute atomic E-state index is 0.243. The van der Waals surface area contributed by atoms with E-state index in [2.05, 4.69) is 55.8 Å². The number of hydrogen-bond donors (Lipinski definition) is 1. The zero-order valence-corrected chi connectivity index (χ0v) is 12.3. The molecule has 0 unspecified atom stereocenters. The maximum absolute atomic E-state index is 5.76. The molecule has 0 saturated carbocycles. The number of hydrogen-bond acceptors (Lipinski definition) is 1. The second-order valence-electron chi connectivity index (χ2n) is 5.40. The third-order valence-corrected chi connectivity index (χ3v) is 4.10. The van der Waals surface area contributed by atoms with Crippen LogP contribution in [0.3, 0.4) is 0 Å². The average molecular weight is 284 g/mol. The molecular formula is C14H22BrN. The van der Waals surface area contributed by atoms with E-state index >= 15 is 0 Å². The van der Waals surface area contributed by atoms with E-state index in [0.717, 1.165) is 19.4 Å². The lowest BCUT2D eigenvalue weighted by Crippen LogP contribution is -2.24. The van der Waals surface area contributed by atoms with E-state index in [-0.39, 0.29) is 5.41 Å². The van der Waals surface area contributed by atoms with Crippen LogP contribution in [0, 0.1) is 19.3 Å². The Labute approximate surface area is 108 Å². The van der Waals surface area contributed by atoms with E-state index in [9.17, 15) is 0 Å². The highest BCUT2D eigenvalue weighted by atomic mass is 79.9. The van der Waals surface area contributed by atoms with Gasteiger partial charge in [-0.15, -0.1) is 0 Å². The summed E-state index contributed by atoms with van der Waals surface area (Å²) in [5, 5.41) is 0. The minimum atomic E-state index is 0.243. The number of benzene rings is 1. The first-order chi connectivity index (χ1) is 7.35. The second-order valence-corrected chi connectivity index (χ2v) is 6.25. The van der Waals surface area contributed by atoms with Crippen molar-refractivity contribution in [2.45, 2.75) is 40.5 Å². The molecule has 0 aliphatic carbocycles. The summed E-state index contributed by atoms with van der Waals surface area (Å²) in [5.41, 5.74) is 10.1. The lowest BCUT2D eigenvalue weighted by atomic mass is 9.85. The number of rotatable bonds is 4. The van der Waals surface area contributed by atoms with Crippen LogP contribution in [0.1, 0.15) is 37.0 Å². The summed E-state index contributed by atoms with van der Waals surface area (Å²) in [4.78, 5) is 0. The highest BCUT2D eigenvalue weighted by Crippen LogP contribution is 2.26. The SMILES string of the molecule is Cc1cc(CCC(C)(C)CN)c(C)cc1Br. The Balaban J connectivity index is 2.79. The second kappa shape index (κ2) is 5.33. The summed E-state index contributed by atoms with van der Waals surface area (Å²) in [7, 11) is 0. The molecule has 1 aromatic carbocycles. The van der Waals surface area contributed by atoms with Gasteiger partial charge in [-0.1, -0.05) is 35.8 Å². The van der Waals surface area contributed by atoms with Crippen LogP contribution in [0.4, 0.5) is 0 Å². The molecule has 90 valence electrons. The minimum Gasteiger partial charge on any atom is -0.330 e. The van der Waals surface area contributed by atoms with Gasteiger partial charge in [0.2, 0.25) is 0 Å². The number of halogens is 1. The smallest absolute Gasteiger partial charge is 0.0207 e. The predicted molar refractivity (Wildman–Crippen MR) is 74.8 cm³/mol. The Morgan fingerprint density at radius 1 is 1.19 bits per heavy atom. The molecule has 1 nitrogen and oxygen atoms in total. The van der Waals surface area contributed by atoms with Gasteiger partial charge in [0.25, 0.3) is 0 Å². The van der Waals surface area contributed by atoms with Gasteiger partial charge in [-0.25, -0.2) is 0 Å². The van der Waals surface area contributed by atoms with E-state index < -0.39 is 0 Å². The lowest BCUT2D eigenvalue weighted by molar-refractivity contribution is 0.347. The van der Waals surface area contributed by atoms with Gasteiger partial charge in [0.05, 0.1) is 0 Å². The van der Waals surface area contributed by atoms with Crippen LogP contribution >= 0.6 is 15.9 Å². The van der Waals surface area contributed by atoms with Crippen molar-refractivity contribution in [3.05, 3.63) is 33.3 Å². The molecule has 0 saturated heterocycles. The third-order valence-electron chi connectivity index (χ3n) is 3.24. The molecule has 0 amide bonds. The van der Waals surface area contributed by atoms with Gasteiger partial charge >= 0.3 is 0 Å². The van der Waals surface area contributed by atoms with E-state index in [4.69, 9.17) is 5.73 Å². The molecule has 0 aliphatic rings. The van der Waals surface area contributed by atoms with Crippen molar-refractivity contribution < 1.29 is 0 Å². The van der Waals surface area contributed by atoms with Crippen LogP contribution < -0.4 is 5.73 Å². The van der Waals surface area contributed by atoms with Crippen molar-refractivity contribution in [3.8, 4) is 0 Å². The molecule has 0 fully saturated rings. The van der Waals surface area contributed by atoms with Crippen LogP contribution in [-0.2, 0) is 6.42 Å². The van der Waals surface area contributed by atoms with Gasteiger partial charge in [0.15, 0.2) is 0 Å². The molecular weight excluding hydrogens is 262 g/mol. The van der Waals surface area contributed by atoms with Crippen molar-refractivity contribution in [1.82, 2.24) is 0 Å². The van der Waals surface area contributed by atoms with Gasteiger partial charge in [-0.2, -0.15) is 0 Å². The van der Waals surface area contributed by atoms with Crippen LogP contribution in [0.15, 0.2) is 16.6 Å². The topological polar surface area (TPSA) is 26.0 Å². The maximum Gasteiger partial charge on any atom is 0.0207 e. The summed E-state index contributed by atoms with van der Waals surface area (Å²) >= 11 is 3.56. The summed E-state index contributed by atoms with van der Waals surface area (Å²) in [5.74, 6) is 0. The van der Waals surface area contributed by atoms with Crippen LogP contribution in [0.5, 0.6) is 0 Å².